The Hall–Kier alpha value is -2.90. The molecule has 2 aromatic carbocycles. The third kappa shape index (κ3) is 6.70. The minimum absolute atomic E-state index is 0.336. The van der Waals surface area contributed by atoms with Gasteiger partial charge in [-0.15, -0.1) is 0 Å². The zero-order valence-corrected chi connectivity index (χ0v) is 23.4. The molecular formula is C30H45N7. The van der Waals surface area contributed by atoms with Crippen LogP contribution in [0.3, 0.4) is 0 Å². The van der Waals surface area contributed by atoms with Gasteiger partial charge in [-0.3, -0.25) is 4.90 Å². The maximum Gasteiger partial charge on any atom is 0.222 e. The molecule has 7 heteroatoms. The molecule has 0 saturated carbocycles. The predicted molar refractivity (Wildman–Crippen MR) is 157 cm³/mol. The standard InChI is InChI=1S/C30H45N7/c1-6-36(7-2)18-10-14-23-12-9-15-26-27(23)29(34-30(31)33-26)32-25-16-19-37(20-17-25)21-24-13-8-11-22(3)28(24)35(4)5/h8-9,11-13,15,25H,6-7,10,14,16-21H2,1-5H3,(H3,31,32,33,34). The number of benzene rings is 2. The highest BCUT2D eigenvalue weighted by Crippen LogP contribution is 2.29. The molecule has 0 spiro atoms. The maximum atomic E-state index is 6.13. The number of nitrogens with two attached hydrogens (primary N) is 1. The molecule has 0 atom stereocenters. The van der Waals surface area contributed by atoms with E-state index in [4.69, 9.17) is 5.73 Å². The topological polar surface area (TPSA) is 73.5 Å². The van der Waals surface area contributed by atoms with Crippen LogP contribution in [0, 0.1) is 6.92 Å². The van der Waals surface area contributed by atoms with Crippen LogP contribution in [0.25, 0.3) is 10.9 Å². The summed E-state index contributed by atoms with van der Waals surface area (Å²) in [6.45, 7) is 13.1. The van der Waals surface area contributed by atoms with Crippen molar-refractivity contribution in [3.05, 3.63) is 53.1 Å². The van der Waals surface area contributed by atoms with Crippen LogP contribution in [0.5, 0.6) is 0 Å². The first-order chi connectivity index (χ1) is 17.9. The maximum absolute atomic E-state index is 6.13. The molecule has 1 aliphatic heterocycles. The van der Waals surface area contributed by atoms with Crippen LogP contribution in [0.1, 0.15) is 49.8 Å². The van der Waals surface area contributed by atoms with Crippen molar-refractivity contribution in [2.24, 2.45) is 0 Å². The van der Waals surface area contributed by atoms with Crippen molar-refractivity contribution in [2.45, 2.75) is 59.0 Å². The van der Waals surface area contributed by atoms with Crippen LogP contribution >= 0.6 is 0 Å². The molecule has 0 radical (unpaired) electrons. The molecule has 0 unspecified atom stereocenters. The second-order valence-electron chi connectivity index (χ2n) is 10.5. The Bertz CT molecular complexity index is 1160. The monoisotopic (exact) mass is 503 g/mol. The van der Waals surface area contributed by atoms with Crippen molar-refractivity contribution >= 4 is 28.4 Å². The van der Waals surface area contributed by atoms with E-state index >= 15 is 0 Å². The van der Waals surface area contributed by atoms with Gasteiger partial charge in [0.2, 0.25) is 5.95 Å². The molecule has 200 valence electrons. The molecule has 2 heterocycles. The lowest BCUT2D eigenvalue weighted by Crippen LogP contribution is -2.39. The molecule has 37 heavy (non-hydrogen) atoms. The summed E-state index contributed by atoms with van der Waals surface area (Å²) >= 11 is 0. The summed E-state index contributed by atoms with van der Waals surface area (Å²) in [5.74, 6) is 1.23. The lowest BCUT2D eigenvalue weighted by atomic mass is 10.0. The molecular weight excluding hydrogens is 458 g/mol. The van der Waals surface area contributed by atoms with Crippen LogP contribution in [-0.4, -0.2) is 72.6 Å². The van der Waals surface area contributed by atoms with Crippen molar-refractivity contribution in [3.8, 4) is 0 Å². The number of fused-ring (bicyclic) bond motifs is 1. The normalized spacial score (nSPS) is 15.0. The Morgan fingerprint density at radius 2 is 1.70 bits per heavy atom. The number of nitrogen functional groups attached to an aromatic ring is 1. The lowest BCUT2D eigenvalue weighted by molar-refractivity contribution is 0.211. The SMILES string of the molecule is CCN(CC)CCCc1cccc2nc(N)nc(NC3CCN(Cc4cccc(C)c4N(C)C)CC3)c12. The van der Waals surface area contributed by atoms with Gasteiger partial charge in [0.25, 0.3) is 0 Å². The van der Waals surface area contributed by atoms with Crippen molar-refractivity contribution in [1.29, 1.82) is 0 Å². The second-order valence-corrected chi connectivity index (χ2v) is 10.5. The van der Waals surface area contributed by atoms with Crippen LogP contribution in [-0.2, 0) is 13.0 Å². The van der Waals surface area contributed by atoms with Crippen LogP contribution in [0.2, 0.25) is 0 Å². The minimum atomic E-state index is 0.336. The van der Waals surface area contributed by atoms with E-state index in [1.54, 1.807) is 0 Å². The number of para-hydroxylation sites is 1. The third-order valence-electron chi connectivity index (χ3n) is 7.73. The predicted octanol–water partition coefficient (Wildman–Crippen LogP) is 4.94. The van der Waals surface area contributed by atoms with Crippen molar-refractivity contribution < 1.29 is 0 Å². The lowest BCUT2D eigenvalue weighted by Gasteiger charge is -2.34. The van der Waals surface area contributed by atoms with E-state index in [1.807, 2.05) is 0 Å². The summed E-state index contributed by atoms with van der Waals surface area (Å²) in [6.07, 6.45) is 4.30. The highest BCUT2D eigenvalue weighted by atomic mass is 15.2. The van der Waals surface area contributed by atoms with E-state index in [-0.39, 0.29) is 0 Å². The van der Waals surface area contributed by atoms with E-state index in [1.165, 1.54) is 22.4 Å². The molecule has 0 amide bonds. The zero-order valence-electron chi connectivity index (χ0n) is 23.4. The summed E-state index contributed by atoms with van der Waals surface area (Å²) in [4.78, 5) is 16.5. The van der Waals surface area contributed by atoms with Crippen LogP contribution < -0.4 is 16.0 Å². The fraction of sp³-hybridized carbons (Fsp3) is 0.533. The number of likely N-dealkylation sites (tertiary alicyclic amines) is 1. The summed E-state index contributed by atoms with van der Waals surface area (Å²) in [5.41, 5.74) is 12.5. The van der Waals surface area contributed by atoms with Gasteiger partial charge >= 0.3 is 0 Å². The van der Waals surface area contributed by atoms with E-state index < -0.39 is 0 Å². The Labute approximate surface area is 223 Å². The van der Waals surface area contributed by atoms with Gasteiger partial charge in [0.05, 0.1) is 5.52 Å². The quantitative estimate of drug-likeness (QED) is 0.384. The van der Waals surface area contributed by atoms with Gasteiger partial charge in [0.15, 0.2) is 0 Å². The Morgan fingerprint density at radius 3 is 2.41 bits per heavy atom. The Morgan fingerprint density at radius 1 is 1.00 bits per heavy atom. The number of piperidine rings is 1. The number of nitrogens with one attached hydrogen (secondary N) is 1. The molecule has 1 aromatic heterocycles. The third-order valence-corrected chi connectivity index (χ3v) is 7.73. The largest absolute Gasteiger partial charge is 0.377 e. The summed E-state index contributed by atoms with van der Waals surface area (Å²) < 4.78 is 0. The van der Waals surface area contributed by atoms with E-state index in [2.05, 4.69) is 101 Å². The first kappa shape index (κ1) is 27.1. The molecule has 7 nitrogen and oxygen atoms in total. The molecule has 4 rings (SSSR count). The second kappa shape index (κ2) is 12.6. The van der Waals surface area contributed by atoms with Gasteiger partial charge in [0, 0.05) is 50.8 Å². The van der Waals surface area contributed by atoms with Crippen molar-refractivity contribution in [3.63, 3.8) is 0 Å². The molecule has 0 bridgehead atoms. The molecule has 1 aliphatic rings. The molecule has 0 aliphatic carbocycles. The van der Waals surface area contributed by atoms with Crippen LogP contribution in [0.15, 0.2) is 36.4 Å². The summed E-state index contributed by atoms with van der Waals surface area (Å²) in [7, 11) is 4.27. The fourth-order valence-electron chi connectivity index (χ4n) is 5.77. The number of aromatic nitrogens is 2. The highest BCUT2D eigenvalue weighted by molar-refractivity contribution is 5.93. The number of anilines is 3. The van der Waals surface area contributed by atoms with Gasteiger partial charge in [-0.25, -0.2) is 4.98 Å². The fourth-order valence-corrected chi connectivity index (χ4v) is 5.77. The first-order valence-electron chi connectivity index (χ1n) is 13.9. The average Bonchev–Trinajstić information content (AvgIpc) is 2.87. The van der Waals surface area contributed by atoms with Gasteiger partial charge < -0.3 is 20.9 Å². The van der Waals surface area contributed by atoms with E-state index in [0.29, 0.717) is 12.0 Å². The Balaban J connectivity index is 1.44. The van der Waals surface area contributed by atoms with Gasteiger partial charge in [0.1, 0.15) is 5.82 Å². The summed E-state index contributed by atoms with van der Waals surface area (Å²) in [6, 6.07) is 13.4. The average molecular weight is 504 g/mol. The van der Waals surface area contributed by atoms with Crippen molar-refractivity contribution in [1.82, 2.24) is 19.8 Å². The molecule has 3 N–H and O–H groups in total. The highest BCUT2D eigenvalue weighted by Gasteiger charge is 2.22. The number of rotatable bonds is 11. The van der Waals surface area contributed by atoms with Gasteiger partial charge in [-0.2, -0.15) is 4.98 Å². The smallest absolute Gasteiger partial charge is 0.222 e. The molecule has 1 fully saturated rings. The summed E-state index contributed by atoms with van der Waals surface area (Å²) in [5, 5.41) is 4.91. The van der Waals surface area contributed by atoms with Gasteiger partial charge in [-0.1, -0.05) is 44.2 Å². The van der Waals surface area contributed by atoms with E-state index in [0.717, 1.165) is 81.7 Å². The number of hydrogen-bond donors (Lipinski definition) is 2. The van der Waals surface area contributed by atoms with Crippen molar-refractivity contribution in [2.75, 3.05) is 62.8 Å². The molecule has 3 aromatic rings. The first-order valence-corrected chi connectivity index (χ1v) is 13.9. The zero-order chi connectivity index (χ0) is 26.4. The molecule has 1 saturated heterocycles. The number of nitrogens with zero attached hydrogens (tertiary/aromatic N) is 5. The Kier molecular flexibility index (Phi) is 9.22. The number of hydrogen-bond acceptors (Lipinski definition) is 7. The number of aryl methyl sites for hydroxylation is 2. The van der Waals surface area contributed by atoms with Crippen LogP contribution in [0.4, 0.5) is 17.5 Å². The van der Waals surface area contributed by atoms with E-state index in [9.17, 15) is 0 Å². The van der Waals surface area contributed by atoms with Gasteiger partial charge in [-0.05, 0) is 75.0 Å². The minimum Gasteiger partial charge on any atom is -0.377 e.